The predicted molar refractivity (Wildman–Crippen MR) is 60.3 cm³/mol. The minimum atomic E-state index is -0.997. The third-order valence-corrected chi connectivity index (χ3v) is 2.08. The van der Waals surface area contributed by atoms with Gasteiger partial charge in [0.1, 0.15) is 18.4 Å². The number of carboxylic acids is 1. The first-order valence-electron chi connectivity index (χ1n) is 5.03. The van der Waals surface area contributed by atoms with E-state index < -0.39 is 12.0 Å². The van der Waals surface area contributed by atoms with Gasteiger partial charge in [0.2, 0.25) is 0 Å². The Morgan fingerprint density at radius 2 is 2.00 bits per heavy atom. The Morgan fingerprint density at radius 1 is 1.38 bits per heavy atom. The van der Waals surface area contributed by atoms with Crippen LogP contribution in [-0.2, 0) is 11.2 Å². The second kappa shape index (κ2) is 6.09. The van der Waals surface area contributed by atoms with E-state index in [0.29, 0.717) is 19.6 Å². The zero-order valence-electron chi connectivity index (χ0n) is 8.93. The summed E-state index contributed by atoms with van der Waals surface area (Å²) in [5.41, 5.74) is 11.6. The van der Waals surface area contributed by atoms with E-state index in [1.165, 1.54) is 0 Å². The van der Waals surface area contributed by atoms with Gasteiger partial charge in [0, 0.05) is 6.54 Å². The summed E-state index contributed by atoms with van der Waals surface area (Å²) < 4.78 is 5.29. The number of benzene rings is 1. The minimum absolute atomic E-state index is 0.312. The molecule has 0 bridgehead atoms. The zero-order valence-corrected chi connectivity index (χ0v) is 8.93. The number of nitrogens with two attached hydrogens (primary N) is 2. The second-order valence-electron chi connectivity index (χ2n) is 3.43. The Kier molecular flexibility index (Phi) is 4.75. The molecular weight excluding hydrogens is 208 g/mol. The van der Waals surface area contributed by atoms with Gasteiger partial charge in [-0.15, -0.1) is 0 Å². The van der Waals surface area contributed by atoms with Crippen LogP contribution in [-0.4, -0.2) is 30.3 Å². The Bertz CT molecular complexity index is 338. The van der Waals surface area contributed by atoms with E-state index in [0.717, 1.165) is 11.3 Å². The van der Waals surface area contributed by atoms with Crippen molar-refractivity contribution in [2.24, 2.45) is 11.5 Å². The highest BCUT2D eigenvalue weighted by Gasteiger charge is 2.11. The summed E-state index contributed by atoms with van der Waals surface area (Å²) >= 11 is 0. The highest BCUT2D eigenvalue weighted by molar-refractivity contribution is 5.73. The van der Waals surface area contributed by atoms with Crippen molar-refractivity contribution in [2.45, 2.75) is 12.5 Å². The Balaban J connectivity index is 2.54. The molecule has 5 nitrogen and oxygen atoms in total. The predicted octanol–water partition coefficient (Wildman–Crippen LogP) is -0.0215. The lowest BCUT2D eigenvalue weighted by Crippen LogP contribution is -2.32. The molecule has 0 aromatic heterocycles. The summed E-state index contributed by atoms with van der Waals surface area (Å²) in [6.45, 7) is 0.930. The summed E-state index contributed by atoms with van der Waals surface area (Å²) in [4.78, 5) is 10.5. The van der Waals surface area contributed by atoms with Crippen LogP contribution in [0.4, 0.5) is 0 Å². The first-order chi connectivity index (χ1) is 7.63. The summed E-state index contributed by atoms with van der Waals surface area (Å²) in [6.07, 6.45) is 0.312. The molecule has 0 aliphatic heterocycles. The average Bonchev–Trinajstić information content (AvgIpc) is 2.28. The maximum atomic E-state index is 10.5. The largest absolute Gasteiger partial charge is 0.492 e. The second-order valence-corrected chi connectivity index (χ2v) is 3.43. The first-order valence-corrected chi connectivity index (χ1v) is 5.03. The Hall–Kier alpha value is -1.59. The van der Waals surface area contributed by atoms with Gasteiger partial charge in [-0.3, -0.25) is 4.79 Å². The highest BCUT2D eigenvalue weighted by Crippen LogP contribution is 2.12. The molecule has 1 aromatic rings. The number of ether oxygens (including phenoxy) is 1. The number of rotatable bonds is 6. The summed E-state index contributed by atoms with van der Waals surface area (Å²) in [6, 6.07) is 6.29. The van der Waals surface area contributed by atoms with E-state index in [1.54, 1.807) is 24.3 Å². The van der Waals surface area contributed by atoms with Crippen molar-refractivity contribution in [3.05, 3.63) is 29.8 Å². The van der Waals surface area contributed by atoms with E-state index in [1.807, 2.05) is 0 Å². The van der Waals surface area contributed by atoms with Crippen LogP contribution in [0.15, 0.2) is 24.3 Å². The van der Waals surface area contributed by atoms with Crippen LogP contribution in [0.5, 0.6) is 5.75 Å². The molecule has 0 amide bonds. The summed E-state index contributed by atoms with van der Waals surface area (Å²) in [5, 5.41) is 8.65. The van der Waals surface area contributed by atoms with Crippen LogP contribution in [0.25, 0.3) is 0 Å². The quantitative estimate of drug-likeness (QED) is 0.630. The Morgan fingerprint density at radius 3 is 2.50 bits per heavy atom. The van der Waals surface area contributed by atoms with Gasteiger partial charge in [-0.1, -0.05) is 12.1 Å². The van der Waals surface area contributed by atoms with E-state index in [2.05, 4.69) is 0 Å². The van der Waals surface area contributed by atoms with Crippen LogP contribution in [0.3, 0.4) is 0 Å². The number of hydrogen-bond donors (Lipinski definition) is 3. The maximum absolute atomic E-state index is 10.5. The molecular formula is C11H16N2O3. The molecule has 0 heterocycles. The van der Waals surface area contributed by atoms with Gasteiger partial charge >= 0.3 is 5.97 Å². The smallest absolute Gasteiger partial charge is 0.320 e. The van der Waals surface area contributed by atoms with Crippen LogP contribution in [0.2, 0.25) is 0 Å². The molecule has 0 fully saturated rings. The lowest BCUT2D eigenvalue weighted by molar-refractivity contribution is -0.138. The van der Waals surface area contributed by atoms with E-state index >= 15 is 0 Å². The maximum Gasteiger partial charge on any atom is 0.320 e. The fourth-order valence-corrected chi connectivity index (χ4v) is 1.24. The number of carboxylic acid groups (broad SMARTS) is 1. The van der Waals surface area contributed by atoms with E-state index in [9.17, 15) is 4.79 Å². The molecule has 1 atom stereocenters. The third kappa shape index (κ3) is 3.88. The van der Waals surface area contributed by atoms with Gasteiger partial charge in [-0.2, -0.15) is 0 Å². The van der Waals surface area contributed by atoms with Gasteiger partial charge in [0.15, 0.2) is 0 Å². The van der Waals surface area contributed by atoms with E-state index in [-0.39, 0.29) is 0 Å². The average molecular weight is 224 g/mol. The number of carbonyl (C=O) groups is 1. The lowest BCUT2D eigenvalue weighted by atomic mass is 10.1. The first kappa shape index (κ1) is 12.5. The van der Waals surface area contributed by atoms with Crippen molar-refractivity contribution in [1.29, 1.82) is 0 Å². The van der Waals surface area contributed by atoms with Gasteiger partial charge in [-0.25, -0.2) is 0 Å². The molecule has 0 saturated carbocycles. The van der Waals surface area contributed by atoms with Crippen LogP contribution < -0.4 is 16.2 Å². The van der Waals surface area contributed by atoms with Crippen LogP contribution >= 0.6 is 0 Å². The third-order valence-electron chi connectivity index (χ3n) is 2.08. The topological polar surface area (TPSA) is 98.6 Å². The van der Waals surface area contributed by atoms with Crippen molar-refractivity contribution >= 4 is 5.97 Å². The normalized spacial score (nSPS) is 12.1. The molecule has 0 aliphatic carbocycles. The molecule has 0 spiro atoms. The monoisotopic (exact) mass is 224 g/mol. The molecule has 0 saturated heterocycles. The fourth-order valence-electron chi connectivity index (χ4n) is 1.24. The van der Waals surface area contributed by atoms with Gasteiger partial charge in [0.25, 0.3) is 0 Å². The molecule has 5 N–H and O–H groups in total. The molecule has 16 heavy (non-hydrogen) atoms. The molecule has 0 unspecified atom stereocenters. The number of hydrogen-bond acceptors (Lipinski definition) is 4. The molecule has 88 valence electrons. The Labute approximate surface area is 94.0 Å². The standard InChI is InChI=1S/C11H16N2O3/c12-5-6-16-9-3-1-8(2-4-9)7-10(13)11(14)15/h1-4,10H,5-7,12-13H2,(H,14,15)/t10-/m0/s1. The van der Waals surface area contributed by atoms with Gasteiger partial charge in [-0.05, 0) is 24.1 Å². The van der Waals surface area contributed by atoms with Crippen LogP contribution in [0.1, 0.15) is 5.56 Å². The SMILES string of the molecule is NCCOc1ccc(C[C@H](N)C(=O)O)cc1. The van der Waals surface area contributed by atoms with Crippen LogP contribution in [0, 0.1) is 0 Å². The summed E-state index contributed by atoms with van der Waals surface area (Å²) in [7, 11) is 0. The molecule has 1 aromatic carbocycles. The van der Waals surface area contributed by atoms with Crippen molar-refractivity contribution < 1.29 is 14.6 Å². The minimum Gasteiger partial charge on any atom is -0.492 e. The molecule has 0 aliphatic rings. The van der Waals surface area contributed by atoms with Crippen molar-refractivity contribution in [3.63, 3.8) is 0 Å². The van der Waals surface area contributed by atoms with Crippen molar-refractivity contribution in [2.75, 3.05) is 13.2 Å². The summed E-state index contributed by atoms with van der Waals surface area (Å²) in [5.74, 6) is -0.276. The lowest BCUT2D eigenvalue weighted by Gasteiger charge is -2.08. The molecule has 5 heteroatoms. The van der Waals surface area contributed by atoms with E-state index in [4.69, 9.17) is 21.3 Å². The van der Waals surface area contributed by atoms with Crippen molar-refractivity contribution in [3.8, 4) is 5.75 Å². The zero-order chi connectivity index (χ0) is 12.0. The highest BCUT2D eigenvalue weighted by atomic mass is 16.5. The number of aliphatic carboxylic acids is 1. The molecule has 0 radical (unpaired) electrons. The molecule has 1 rings (SSSR count). The van der Waals surface area contributed by atoms with Gasteiger partial charge < -0.3 is 21.3 Å². The van der Waals surface area contributed by atoms with Crippen molar-refractivity contribution in [1.82, 2.24) is 0 Å². The van der Waals surface area contributed by atoms with Gasteiger partial charge in [0.05, 0.1) is 0 Å². The fraction of sp³-hybridized carbons (Fsp3) is 0.364.